The van der Waals surface area contributed by atoms with Gasteiger partial charge in [-0.05, 0) is 42.8 Å². The topological polar surface area (TPSA) is 109 Å². The highest BCUT2D eigenvalue weighted by Gasteiger charge is 2.15. The molecule has 32 heavy (non-hydrogen) atoms. The number of fused-ring (bicyclic) bond motifs is 1. The Morgan fingerprint density at radius 3 is 2.62 bits per heavy atom. The molecule has 0 unspecified atom stereocenters. The molecule has 0 aliphatic rings. The van der Waals surface area contributed by atoms with Gasteiger partial charge in [0.15, 0.2) is 5.13 Å². The summed E-state index contributed by atoms with van der Waals surface area (Å²) in [6, 6.07) is 13.3. The highest BCUT2D eigenvalue weighted by atomic mass is 32.1. The maximum atomic E-state index is 12.0. The third-order valence-electron chi connectivity index (χ3n) is 4.77. The van der Waals surface area contributed by atoms with Gasteiger partial charge in [-0.2, -0.15) is 0 Å². The number of amides is 3. The normalized spacial score (nSPS) is 10.7. The van der Waals surface area contributed by atoms with Crippen LogP contribution >= 0.6 is 11.3 Å². The molecule has 0 atom stereocenters. The van der Waals surface area contributed by atoms with Gasteiger partial charge in [0.1, 0.15) is 0 Å². The van der Waals surface area contributed by atoms with Crippen molar-refractivity contribution in [2.45, 2.75) is 13.3 Å². The van der Waals surface area contributed by atoms with Crippen LogP contribution in [0.5, 0.6) is 0 Å². The molecule has 0 radical (unpaired) electrons. The van der Waals surface area contributed by atoms with Crippen molar-refractivity contribution in [3.05, 3.63) is 60.6 Å². The minimum absolute atomic E-state index is 0.0845. The number of hydrogen-bond acceptors (Lipinski definition) is 6. The van der Waals surface area contributed by atoms with E-state index in [-0.39, 0.29) is 18.4 Å². The molecule has 0 saturated carbocycles. The summed E-state index contributed by atoms with van der Waals surface area (Å²) in [4.78, 5) is 37.1. The molecule has 4 rings (SSSR count). The molecule has 162 valence electrons. The highest BCUT2D eigenvalue weighted by molar-refractivity contribution is 7.22. The number of pyridine rings is 2. The average molecular weight is 447 g/mol. The summed E-state index contributed by atoms with van der Waals surface area (Å²) in [7, 11) is 1.61. The van der Waals surface area contributed by atoms with E-state index in [1.807, 2.05) is 49.4 Å². The van der Waals surface area contributed by atoms with Crippen LogP contribution in [-0.2, 0) is 11.2 Å². The molecule has 4 aromatic rings. The van der Waals surface area contributed by atoms with Crippen LogP contribution in [0, 0.1) is 0 Å². The van der Waals surface area contributed by atoms with Gasteiger partial charge in [-0.25, -0.2) is 9.78 Å². The number of carbonyl (C=O) groups is 2. The molecule has 0 aliphatic heterocycles. The average Bonchev–Trinajstić information content (AvgIpc) is 3.21. The maximum absolute atomic E-state index is 12.0. The highest BCUT2D eigenvalue weighted by Crippen LogP contribution is 2.38. The van der Waals surface area contributed by atoms with Crippen LogP contribution in [0.2, 0.25) is 0 Å². The molecule has 1 aromatic carbocycles. The Balaban J connectivity index is 1.76. The molecule has 9 heteroatoms. The first-order valence-corrected chi connectivity index (χ1v) is 11.0. The Morgan fingerprint density at radius 1 is 1.06 bits per heavy atom. The van der Waals surface area contributed by atoms with Crippen molar-refractivity contribution in [1.29, 1.82) is 0 Å². The van der Waals surface area contributed by atoms with Crippen molar-refractivity contribution >= 4 is 38.6 Å². The molecule has 3 amide bonds. The lowest BCUT2D eigenvalue weighted by Gasteiger charge is -2.08. The van der Waals surface area contributed by atoms with Crippen molar-refractivity contribution in [3.8, 4) is 22.4 Å². The number of aromatic nitrogens is 3. The number of urea groups is 1. The molecule has 0 aliphatic carbocycles. The predicted molar refractivity (Wildman–Crippen MR) is 127 cm³/mol. The predicted octanol–water partition coefficient (Wildman–Crippen LogP) is 3.85. The van der Waals surface area contributed by atoms with E-state index in [0.29, 0.717) is 17.4 Å². The standard InChI is InChI=1S/C23H22N6O2S/c1-3-25-22(31)29-23-28-19-11-15(14-7-8-16(27-13-14)12-20(30)24-2)10-17(21(19)32-23)18-6-4-5-9-26-18/h4-11,13H,3,12H2,1-2H3,(H,24,30)(H2,25,28,29,31). The fourth-order valence-corrected chi connectivity index (χ4v) is 4.18. The monoisotopic (exact) mass is 446 g/mol. The van der Waals surface area contributed by atoms with Crippen molar-refractivity contribution in [1.82, 2.24) is 25.6 Å². The number of nitrogens with one attached hydrogen (secondary N) is 3. The Kier molecular flexibility index (Phi) is 6.37. The lowest BCUT2D eigenvalue weighted by molar-refractivity contribution is -0.120. The minimum atomic E-state index is -0.290. The quantitative estimate of drug-likeness (QED) is 0.417. The van der Waals surface area contributed by atoms with Crippen LogP contribution < -0.4 is 16.0 Å². The minimum Gasteiger partial charge on any atom is -0.359 e. The van der Waals surface area contributed by atoms with Gasteiger partial charge in [-0.1, -0.05) is 23.5 Å². The molecule has 3 N–H and O–H groups in total. The summed E-state index contributed by atoms with van der Waals surface area (Å²) in [6.45, 7) is 2.39. The molecular weight excluding hydrogens is 424 g/mol. The molecular formula is C23H22N6O2S. The van der Waals surface area contributed by atoms with Gasteiger partial charge in [0.2, 0.25) is 5.91 Å². The Morgan fingerprint density at radius 2 is 1.94 bits per heavy atom. The van der Waals surface area contributed by atoms with E-state index < -0.39 is 0 Å². The maximum Gasteiger partial charge on any atom is 0.321 e. The van der Waals surface area contributed by atoms with Crippen LogP contribution in [0.25, 0.3) is 32.6 Å². The van der Waals surface area contributed by atoms with Crippen LogP contribution in [0.3, 0.4) is 0 Å². The fraction of sp³-hybridized carbons (Fsp3) is 0.174. The van der Waals surface area contributed by atoms with Crippen LogP contribution in [0.4, 0.5) is 9.93 Å². The van der Waals surface area contributed by atoms with Crippen molar-refractivity contribution in [3.63, 3.8) is 0 Å². The van der Waals surface area contributed by atoms with Gasteiger partial charge in [-0.15, -0.1) is 0 Å². The Hall–Kier alpha value is -3.85. The molecule has 0 saturated heterocycles. The number of anilines is 1. The molecule has 0 bridgehead atoms. The molecule has 3 heterocycles. The summed E-state index contributed by atoms with van der Waals surface area (Å²) < 4.78 is 0.934. The second-order valence-corrected chi connectivity index (χ2v) is 7.98. The summed E-state index contributed by atoms with van der Waals surface area (Å²) in [6.07, 6.45) is 3.73. The van der Waals surface area contributed by atoms with Gasteiger partial charge in [-0.3, -0.25) is 20.1 Å². The second kappa shape index (κ2) is 9.52. The van der Waals surface area contributed by atoms with Crippen molar-refractivity contribution in [2.75, 3.05) is 18.9 Å². The van der Waals surface area contributed by atoms with E-state index in [4.69, 9.17) is 0 Å². The summed E-state index contributed by atoms with van der Waals surface area (Å²) in [5.74, 6) is -0.0845. The van der Waals surface area contributed by atoms with Crippen LogP contribution in [0.1, 0.15) is 12.6 Å². The van der Waals surface area contributed by atoms with Gasteiger partial charge in [0, 0.05) is 42.8 Å². The number of likely N-dealkylation sites (N-methyl/N-ethyl adjacent to an activating group) is 1. The molecule has 0 spiro atoms. The lowest BCUT2D eigenvalue weighted by atomic mass is 10.0. The largest absolute Gasteiger partial charge is 0.359 e. The third-order valence-corrected chi connectivity index (χ3v) is 5.79. The number of carbonyl (C=O) groups excluding carboxylic acids is 2. The SMILES string of the molecule is CCNC(=O)Nc1nc2cc(-c3ccc(CC(=O)NC)nc3)cc(-c3ccccn3)c2s1. The van der Waals surface area contributed by atoms with E-state index >= 15 is 0 Å². The summed E-state index contributed by atoms with van der Waals surface area (Å²) >= 11 is 1.41. The van der Waals surface area contributed by atoms with Crippen molar-refractivity contribution in [2.24, 2.45) is 0 Å². The van der Waals surface area contributed by atoms with Gasteiger partial charge < -0.3 is 10.6 Å². The zero-order valence-corrected chi connectivity index (χ0v) is 18.5. The zero-order chi connectivity index (χ0) is 22.5. The Labute approximate surface area is 189 Å². The van der Waals surface area contributed by atoms with Gasteiger partial charge >= 0.3 is 6.03 Å². The first-order valence-electron chi connectivity index (χ1n) is 10.1. The van der Waals surface area contributed by atoms with Crippen LogP contribution in [-0.4, -0.2) is 40.5 Å². The molecule has 0 fully saturated rings. The summed E-state index contributed by atoms with van der Waals surface area (Å²) in [5, 5.41) is 8.62. The molecule has 8 nitrogen and oxygen atoms in total. The zero-order valence-electron chi connectivity index (χ0n) is 17.7. The Bertz CT molecular complexity index is 1250. The second-order valence-electron chi connectivity index (χ2n) is 6.98. The van der Waals surface area contributed by atoms with Gasteiger partial charge in [0.25, 0.3) is 0 Å². The number of benzene rings is 1. The summed E-state index contributed by atoms with van der Waals surface area (Å²) in [5.41, 5.74) is 5.02. The van der Waals surface area contributed by atoms with E-state index in [9.17, 15) is 9.59 Å². The van der Waals surface area contributed by atoms with E-state index in [1.165, 1.54) is 11.3 Å². The van der Waals surface area contributed by atoms with Gasteiger partial charge in [0.05, 0.1) is 22.3 Å². The van der Waals surface area contributed by atoms with Crippen molar-refractivity contribution < 1.29 is 9.59 Å². The van der Waals surface area contributed by atoms with E-state index in [0.717, 1.165) is 32.6 Å². The fourth-order valence-electron chi connectivity index (χ4n) is 3.22. The first kappa shape index (κ1) is 21.4. The van der Waals surface area contributed by atoms with E-state index in [2.05, 4.69) is 30.9 Å². The third kappa shape index (κ3) is 4.73. The number of thiazole rings is 1. The first-order chi connectivity index (χ1) is 15.6. The van der Waals surface area contributed by atoms with E-state index in [1.54, 1.807) is 19.4 Å². The molecule has 3 aromatic heterocycles. The number of nitrogens with zero attached hydrogens (tertiary/aromatic N) is 3. The number of rotatable bonds is 6. The lowest BCUT2D eigenvalue weighted by Crippen LogP contribution is -2.28. The number of hydrogen-bond donors (Lipinski definition) is 3. The smallest absolute Gasteiger partial charge is 0.321 e. The van der Waals surface area contributed by atoms with Crippen LogP contribution in [0.15, 0.2) is 54.9 Å².